The number of nitrogen functional groups attached to an aromatic ring is 1. The molecular weight excluding hydrogens is 296 g/mol. The predicted octanol–water partition coefficient (Wildman–Crippen LogP) is 4.64. The normalized spacial score (nSPS) is 10.6. The van der Waals surface area contributed by atoms with Crippen LogP contribution in [0.15, 0.2) is 54.6 Å². The molecule has 1 amide bonds. The van der Waals surface area contributed by atoms with E-state index in [1.165, 1.54) is 0 Å². The lowest BCUT2D eigenvalue weighted by molar-refractivity contribution is 0.102. The van der Waals surface area contributed by atoms with E-state index in [1.807, 2.05) is 43.3 Å². The number of hydrogen-bond donors (Lipinski definition) is 2. The Morgan fingerprint density at radius 2 is 1.77 bits per heavy atom. The van der Waals surface area contributed by atoms with Gasteiger partial charge in [-0.15, -0.1) is 0 Å². The van der Waals surface area contributed by atoms with Crippen molar-refractivity contribution < 1.29 is 4.79 Å². The van der Waals surface area contributed by atoms with Crippen LogP contribution >= 0.6 is 11.6 Å². The summed E-state index contributed by atoms with van der Waals surface area (Å²) >= 11 is 6.19. The molecule has 0 fully saturated rings. The molecule has 0 spiro atoms. The monoisotopic (exact) mass is 310 g/mol. The first-order valence-corrected chi connectivity index (χ1v) is 7.29. The molecule has 0 atom stereocenters. The molecule has 0 bridgehead atoms. The summed E-state index contributed by atoms with van der Waals surface area (Å²) in [6, 6.07) is 16.5. The van der Waals surface area contributed by atoms with Gasteiger partial charge in [0.25, 0.3) is 5.91 Å². The largest absolute Gasteiger partial charge is 0.399 e. The number of fused-ring (bicyclic) bond motifs is 1. The Kier molecular flexibility index (Phi) is 3.73. The second-order valence-corrected chi connectivity index (χ2v) is 5.58. The van der Waals surface area contributed by atoms with Crippen molar-refractivity contribution in [3.05, 3.63) is 70.7 Å². The van der Waals surface area contributed by atoms with Crippen molar-refractivity contribution in [2.45, 2.75) is 6.92 Å². The molecule has 0 aliphatic rings. The van der Waals surface area contributed by atoms with E-state index in [0.29, 0.717) is 16.3 Å². The fourth-order valence-electron chi connectivity index (χ4n) is 2.49. The van der Waals surface area contributed by atoms with Crippen LogP contribution in [0.3, 0.4) is 0 Å². The maximum absolute atomic E-state index is 12.6. The van der Waals surface area contributed by atoms with Crippen LogP contribution in [0.25, 0.3) is 10.8 Å². The Hall–Kier alpha value is -2.52. The smallest absolute Gasteiger partial charge is 0.256 e. The second-order valence-electron chi connectivity index (χ2n) is 5.17. The molecule has 0 unspecified atom stereocenters. The van der Waals surface area contributed by atoms with E-state index in [0.717, 1.165) is 22.0 Å². The van der Waals surface area contributed by atoms with Crippen molar-refractivity contribution in [1.82, 2.24) is 0 Å². The quantitative estimate of drug-likeness (QED) is 0.678. The van der Waals surface area contributed by atoms with E-state index >= 15 is 0 Å². The lowest BCUT2D eigenvalue weighted by Gasteiger charge is -2.11. The van der Waals surface area contributed by atoms with Crippen LogP contribution in [-0.2, 0) is 0 Å². The van der Waals surface area contributed by atoms with Crippen molar-refractivity contribution in [3.63, 3.8) is 0 Å². The van der Waals surface area contributed by atoms with Gasteiger partial charge in [-0.25, -0.2) is 0 Å². The molecular formula is C18H15ClN2O. The van der Waals surface area contributed by atoms with Crippen LogP contribution in [0.2, 0.25) is 5.02 Å². The zero-order valence-electron chi connectivity index (χ0n) is 12.1. The molecule has 3 rings (SSSR count). The Bertz CT molecular complexity index is 874. The minimum atomic E-state index is -0.166. The number of aryl methyl sites for hydroxylation is 1. The van der Waals surface area contributed by atoms with E-state index in [9.17, 15) is 4.79 Å². The first-order valence-electron chi connectivity index (χ1n) is 6.91. The lowest BCUT2D eigenvalue weighted by Crippen LogP contribution is -2.13. The summed E-state index contributed by atoms with van der Waals surface area (Å²) in [6.45, 7) is 1.91. The van der Waals surface area contributed by atoms with E-state index in [-0.39, 0.29) is 5.91 Å². The van der Waals surface area contributed by atoms with Crippen molar-refractivity contribution in [3.8, 4) is 0 Å². The highest BCUT2D eigenvalue weighted by Crippen LogP contribution is 2.27. The van der Waals surface area contributed by atoms with Crippen LogP contribution in [0.4, 0.5) is 11.4 Å². The van der Waals surface area contributed by atoms with Gasteiger partial charge < -0.3 is 11.1 Å². The van der Waals surface area contributed by atoms with Gasteiger partial charge >= 0.3 is 0 Å². The standard InChI is InChI=1S/C18H15ClN2O/c1-11-10-12(20)8-9-17(11)21-18(22)15-6-2-5-14-13(15)4-3-7-16(14)19/h2-10H,20H2,1H3,(H,21,22). The number of rotatable bonds is 2. The van der Waals surface area contributed by atoms with Gasteiger partial charge in [-0.05, 0) is 48.2 Å². The summed E-state index contributed by atoms with van der Waals surface area (Å²) in [5.41, 5.74) is 8.67. The van der Waals surface area contributed by atoms with Crippen molar-refractivity contribution >= 4 is 39.7 Å². The molecule has 0 saturated carbocycles. The number of carbonyl (C=O) groups is 1. The summed E-state index contributed by atoms with van der Waals surface area (Å²) in [4.78, 5) is 12.6. The molecule has 0 aliphatic carbocycles. The second kappa shape index (κ2) is 5.70. The highest BCUT2D eigenvalue weighted by atomic mass is 35.5. The number of nitrogens with one attached hydrogen (secondary N) is 1. The van der Waals surface area contributed by atoms with E-state index in [4.69, 9.17) is 17.3 Å². The fraction of sp³-hybridized carbons (Fsp3) is 0.0556. The number of nitrogens with two attached hydrogens (primary N) is 1. The van der Waals surface area contributed by atoms with Gasteiger partial charge in [0.15, 0.2) is 0 Å². The highest BCUT2D eigenvalue weighted by molar-refractivity contribution is 6.36. The molecule has 0 saturated heterocycles. The Morgan fingerprint density at radius 1 is 1.05 bits per heavy atom. The third-order valence-electron chi connectivity index (χ3n) is 3.61. The first kappa shape index (κ1) is 14.4. The molecule has 0 heterocycles. The Balaban J connectivity index is 2.01. The third-order valence-corrected chi connectivity index (χ3v) is 3.94. The van der Waals surface area contributed by atoms with Crippen LogP contribution in [0.1, 0.15) is 15.9 Å². The lowest BCUT2D eigenvalue weighted by atomic mass is 10.0. The number of anilines is 2. The average molecular weight is 311 g/mol. The minimum Gasteiger partial charge on any atom is -0.399 e. The fourth-order valence-corrected chi connectivity index (χ4v) is 2.72. The van der Waals surface area contributed by atoms with Crippen LogP contribution < -0.4 is 11.1 Å². The Morgan fingerprint density at radius 3 is 2.55 bits per heavy atom. The molecule has 4 heteroatoms. The summed E-state index contributed by atoms with van der Waals surface area (Å²) < 4.78 is 0. The van der Waals surface area contributed by atoms with Gasteiger partial charge in [0.05, 0.1) is 0 Å². The van der Waals surface area contributed by atoms with Gasteiger partial charge in [0.1, 0.15) is 0 Å². The topological polar surface area (TPSA) is 55.1 Å². The van der Waals surface area contributed by atoms with Crippen LogP contribution in [0, 0.1) is 6.92 Å². The molecule has 22 heavy (non-hydrogen) atoms. The van der Waals surface area contributed by atoms with Crippen molar-refractivity contribution in [2.24, 2.45) is 0 Å². The molecule has 3 N–H and O–H groups in total. The molecule has 0 aliphatic heterocycles. The van der Waals surface area contributed by atoms with Crippen LogP contribution in [-0.4, -0.2) is 5.91 Å². The number of amides is 1. The summed E-state index contributed by atoms with van der Waals surface area (Å²) in [6.07, 6.45) is 0. The van der Waals surface area contributed by atoms with Crippen LogP contribution in [0.5, 0.6) is 0 Å². The van der Waals surface area contributed by atoms with E-state index in [2.05, 4.69) is 5.32 Å². The molecule has 0 radical (unpaired) electrons. The Labute approximate surface area is 133 Å². The number of halogens is 1. The zero-order chi connectivity index (χ0) is 15.7. The van der Waals surface area contributed by atoms with E-state index < -0.39 is 0 Å². The first-order chi connectivity index (χ1) is 10.6. The van der Waals surface area contributed by atoms with Gasteiger partial charge in [-0.2, -0.15) is 0 Å². The summed E-state index contributed by atoms with van der Waals surface area (Å²) in [5.74, 6) is -0.166. The van der Waals surface area contributed by atoms with Crippen molar-refractivity contribution in [2.75, 3.05) is 11.1 Å². The van der Waals surface area contributed by atoms with Gasteiger partial charge in [0, 0.05) is 27.3 Å². The molecule has 3 nitrogen and oxygen atoms in total. The van der Waals surface area contributed by atoms with Gasteiger partial charge in [-0.3, -0.25) is 4.79 Å². The SMILES string of the molecule is Cc1cc(N)ccc1NC(=O)c1cccc2c(Cl)cccc12. The molecule has 3 aromatic carbocycles. The summed E-state index contributed by atoms with van der Waals surface area (Å²) in [5, 5.41) is 5.26. The number of benzene rings is 3. The number of carbonyl (C=O) groups excluding carboxylic acids is 1. The minimum absolute atomic E-state index is 0.166. The van der Waals surface area contributed by atoms with E-state index in [1.54, 1.807) is 18.2 Å². The zero-order valence-corrected chi connectivity index (χ0v) is 12.8. The van der Waals surface area contributed by atoms with Gasteiger partial charge in [0.2, 0.25) is 0 Å². The number of hydrogen-bond acceptors (Lipinski definition) is 2. The highest BCUT2D eigenvalue weighted by Gasteiger charge is 2.12. The molecule has 0 aromatic heterocycles. The third kappa shape index (κ3) is 2.63. The van der Waals surface area contributed by atoms with Crippen molar-refractivity contribution in [1.29, 1.82) is 0 Å². The molecule has 110 valence electrons. The predicted molar refractivity (Wildman–Crippen MR) is 92.5 cm³/mol. The maximum atomic E-state index is 12.6. The molecule has 3 aromatic rings. The maximum Gasteiger partial charge on any atom is 0.256 e. The average Bonchev–Trinajstić information content (AvgIpc) is 2.50. The van der Waals surface area contributed by atoms with Gasteiger partial charge in [-0.1, -0.05) is 35.9 Å². The summed E-state index contributed by atoms with van der Waals surface area (Å²) in [7, 11) is 0.